The van der Waals surface area contributed by atoms with Crippen LogP contribution in [0.3, 0.4) is 0 Å². The Kier molecular flexibility index (Phi) is 3.00. The number of halogens is 1. The first-order valence-corrected chi connectivity index (χ1v) is 4.76. The Morgan fingerprint density at radius 1 is 1.39 bits per heavy atom. The molecule has 0 spiro atoms. The highest BCUT2D eigenvalue weighted by Crippen LogP contribution is 2.32. The molecule has 2 rings (SSSR count). The van der Waals surface area contributed by atoms with E-state index in [2.05, 4.69) is 9.97 Å². The second-order valence-electron chi connectivity index (χ2n) is 3.23. The van der Waals surface area contributed by atoms with Gasteiger partial charge in [0.2, 0.25) is 5.82 Å². The first-order chi connectivity index (χ1) is 8.58. The number of anilines is 1. The molecular formula is C10H7FN4O3. The fourth-order valence-electron chi connectivity index (χ4n) is 1.26. The molecule has 0 aliphatic rings. The Hall–Kier alpha value is -2.77. The fourth-order valence-corrected chi connectivity index (χ4v) is 1.26. The van der Waals surface area contributed by atoms with Crippen LogP contribution in [0.4, 0.5) is 15.9 Å². The summed E-state index contributed by atoms with van der Waals surface area (Å²) in [4.78, 5) is 17.1. The molecule has 0 radical (unpaired) electrons. The van der Waals surface area contributed by atoms with E-state index in [1.54, 1.807) is 0 Å². The van der Waals surface area contributed by atoms with Gasteiger partial charge < -0.3 is 10.5 Å². The van der Waals surface area contributed by atoms with Crippen molar-refractivity contribution in [2.75, 3.05) is 5.73 Å². The van der Waals surface area contributed by atoms with Gasteiger partial charge in [0, 0.05) is 6.07 Å². The SMILES string of the molecule is Nc1ncnc(Oc2cccc(F)c2)c1[N+](=O)[O-]. The van der Waals surface area contributed by atoms with E-state index in [0.29, 0.717) is 0 Å². The highest BCUT2D eigenvalue weighted by Gasteiger charge is 2.23. The third kappa shape index (κ3) is 2.32. The van der Waals surface area contributed by atoms with Crippen molar-refractivity contribution in [3.63, 3.8) is 0 Å². The van der Waals surface area contributed by atoms with Gasteiger partial charge in [-0.15, -0.1) is 0 Å². The summed E-state index contributed by atoms with van der Waals surface area (Å²) in [6, 6.07) is 5.13. The lowest BCUT2D eigenvalue weighted by Gasteiger charge is -2.05. The van der Waals surface area contributed by atoms with Crippen molar-refractivity contribution in [1.29, 1.82) is 0 Å². The van der Waals surface area contributed by atoms with Gasteiger partial charge in [-0.1, -0.05) is 6.07 Å². The highest BCUT2D eigenvalue weighted by atomic mass is 19.1. The van der Waals surface area contributed by atoms with Gasteiger partial charge in [-0.3, -0.25) is 10.1 Å². The fraction of sp³-hybridized carbons (Fsp3) is 0. The molecule has 18 heavy (non-hydrogen) atoms. The van der Waals surface area contributed by atoms with Gasteiger partial charge in [-0.25, -0.2) is 9.37 Å². The molecule has 2 N–H and O–H groups in total. The lowest BCUT2D eigenvalue weighted by atomic mass is 10.3. The summed E-state index contributed by atoms with van der Waals surface area (Å²) in [6.07, 6.45) is 1.02. The molecule has 0 atom stereocenters. The zero-order valence-corrected chi connectivity index (χ0v) is 8.91. The number of rotatable bonds is 3. The van der Waals surface area contributed by atoms with Crippen LogP contribution in [0.1, 0.15) is 0 Å². The van der Waals surface area contributed by atoms with Crippen LogP contribution in [-0.2, 0) is 0 Å². The Morgan fingerprint density at radius 3 is 2.83 bits per heavy atom. The molecule has 1 aromatic carbocycles. The zero-order valence-electron chi connectivity index (χ0n) is 8.91. The van der Waals surface area contributed by atoms with Crippen molar-refractivity contribution < 1.29 is 14.1 Å². The summed E-state index contributed by atoms with van der Waals surface area (Å²) >= 11 is 0. The van der Waals surface area contributed by atoms with Gasteiger partial charge in [0.1, 0.15) is 17.9 Å². The van der Waals surface area contributed by atoms with Gasteiger partial charge in [-0.2, -0.15) is 4.98 Å². The van der Waals surface area contributed by atoms with Gasteiger partial charge in [0.25, 0.3) is 0 Å². The van der Waals surface area contributed by atoms with E-state index >= 15 is 0 Å². The third-order valence-corrected chi connectivity index (χ3v) is 2.01. The molecule has 0 bridgehead atoms. The second-order valence-corrected chi connectivity index (χ2v) is 3.23. The van der Waals surface area contributed by atoms with Gasteiger partial charge in [-0.05, 0) is 12.1 Å². The van der Waals surface area contributed by atoms with E-state index in [1.807, 2.05) is 0 Å². The maximum atomic E-state index is 12.9. The molecule has 8 heteroatoms. The number of ether oxygens (including phenoxy) is 1. The van der Waals surface area contributed by atoms with E-state index in [0.717, 1.165) is 12.4 Å². The van der Waals surface area contributed by atoms with Crippen molar-refractivity contribution >= 4 is 11.5 Å². The highest BCUT2D eigenvalue weighted by molar-refractivity contribution is 5.58. The molecule has 0 aliphatic heterocycles. The quantitative estimate of drug-likeness (QED) is 0.658. The van der Waals surface area contributed by atoms with Crippen LogP contribution >= 0.6 is 0 Å². The molecule has 1 heterocycles. The van der Waals surface area contributed by atoms with Crippen molar-refractivity contribution in [2.45, 2.75) is 0 Å². The molecule has 0 saturated heterocycles. The lowest BCUT2D eigenvalue weighted by molar-refractivity contribution is -0.385. The average Bonchev–Trinajstić information content (AvgIpc) is 2.28. The predicted molar refractivity (Wildman–Crippen MR) is 59.6 cm³/mol. The maximum Gasteiger partial charge on any atom is 0.372 e. The van der Waals surface area contributed by atoms with E-state index in [9.17, 15) is 14.5 Å². The van der Waals surface area contributed by atoms with Crippen LogP contribution in [0.2, 0.25) is 0 Å². The topological polar surface area (TPSA) is 104 Å². The number of nitro groups is 1. The minimum Gasteiger partial charge on any atom is -0.433 e. The predicted octanol–water partition coefficient (Wildman–Crippen LogP) is 1.90. The van der Waals surface area contributed by atoms with Crippen molar-refractivity contribution in [1.82, 2.24) is 9.97 Å². The summed E-state index contributed by atoms with van der Waals surface area (Å²) < 4.78 is 18.1. The molecule has 92 valence electrons. The van der Waals surface area contributed by atoms with Crippen molar-refractivity contribution in [2.24, 2.45) is 0 Å². The maximum absolute atomic E-state index is 12.9. The number of aromatic nitrogens is 2. The number of nitrogens with zero attached hydrogens (tertiary/aromatic N) is 3. The Labute approximate surface area is 100 Å². The second kappa shape index (κ2) is 4.62. The number of nitrogens with two attached hydrogens (primary N) is 1. The third-order valence-electron chi connectivity index (χ3n) is 2.01. The van der Waals surface area contributed by atoms with E-state index in [4.69, 9.17) is 10.5 Å². The minimum absolute atomic E-state index is 0.0798. The van der Waals surface area contributed by atoms with Crippen LogP contribution in [0.15, 0.2) is 30.6 Å². The van der Waals surface area contributed by atoms with E-state index in [-0.39, 0.29) is 17.4 Å². The first-order valence-electron chi connectivity index (χ1n) is 4.76. The summed E-state index contributed by atoms with van der Waals surface area (Å²) in [6.45, 7) is 0. The minimum atomic E-state index is -0.760. The molecule has 0 saturated carbocycles. The number of nitrogen functional groups attached to an aromatic ring is 1. The van der Waals surface area contributed by atoms with Crippen LogP contribution in [0.25, 0.3) is 0 Å². The van der Waals surface area contributed by atoms with E-state index in [1.165, 1.54) is 18.2 Å². The molecule has 0 amide bonds. The molecule has 0 unspecified atom stereocenters. The van der Waals surface area contributed by atoms with Gasteiger partial charge >= 0.3 is 11.6 Å². The molecule has 1 aromatic heterocycles. The Bertz CT molecular complexity index is 605. The van der Waals surface area contributed by atoms with Crippen LogP contribution in [0, 0.1) is 15.9 Å². The summed E-state index contributed by atoms with van der Waals surface area (Å²) in [7, 11) is 0. The molecule has 2 aromatic rings. The van der Waals surface area contributed by atoms with E-state index < -0.39 is 16.4 Å². The van der Waals surface area contributed by atoms with Gasteiger partial charge in [0.15, 0.2) is 0 Å². The number of hydrogen-bond acceptors (Lipinski definition) is 6. The molecular weight excluding hydrogens is 243 g/mol. The monoisotopic (exact) mass is 250 g/mol. The molecule has 0 fully saturated rings. The van der Waals surface area contributed by atoms with Crippen molar-refractivity contribution in [3.8, 4) is 11.6 Å². The number of hydrogen-bond donors (Lipinski definition) is 1. The van der Waals surface area contributed by atoms with Crippen LogP contribution < -0.4 is 10.5 Å². The standard InChI is InChI=1S/C10H7FN4O3/c11-6-2-1-3-7(4-6)18-10-8(15(16)17)9(12)13-5-14-10/h1-5H,(H2,12,13,14). The van der Waals surface area contributed by atoms with Crippen LogP contribution in [0.5, 0.6) is 11.6 Å². The first kappa shape index (κ1) is 11.7. The zero-order chi connectivity index (χ0) is 13.1. The van der Waals surface area contributed by atoms with Crippen molar-refractivity contribution in [3.05, 3.63) is 46.5 Å². The summed E-state index contributed by atoms with van der Waals surface area (Å²) in [5.41, 5.74) is 4.81. The summed E-state index contributed by atoms with van der Waals surface area (Å²) in [5, 5.41) is 10.8. The normalized spacial score (nSPS) is 10.1. The summed E-state index contributed by atoms with van der Waals surface area (Å²) in [5.74, 6) is -1.10. The number of benzene rings is 1. The largest absolute Gasteiger partial charge is 0.433 e. The Balaban J connectivity index is 2.40. The average molecular weight is 250 g/mol. The molecule has 0 aliphatic carbocycles. The van der Waals surface area contributed by atoms with Gasteiger partial charge in [0.05, 0.1) is 4.92 Å². The Morgan fingerprint density at radius 2 is 2.17 bits per heavy atom. The molecule has 7 nitrogen and oxygen atoms in total. The van der Waals surface area contributed by atoms with Crippen LogP contribution in [-0.4, -0.2) is 14.9 Å². The lowest BCUT2D eigenvalue weighted by Crippen LogP contribution is -2.02. The smallest absolute Gasteiger partial charge is 0.372 e.